The van der Waals surface area contributed by atoms with Crippen molar-refractivity contribution >= 4 is 29.3 Å². The second-order valence-corrected chi connectivity index (χ2v) is 5.75. The summed E-state index contributed by atoms with van der Waals surface area (Å²) in [4.78, 5) is 23.6. The number of para-hydroxylation sites is 1. The Morgan fingerprint density at radius 1 is 1.45 bits per heavy atom. The van der Waals surface area contributed by atoms with Crippen molar-refractivity contribution in [2.24, 2.45) is 0 Å². The highest BCUT2D eigenvalue weighted by Gasteiger charge is 2.24. The van der Waals surface area contributed by atoms with Crippen LogP contribution in [-0.2, 0) is 16.0 Å². The molecule has 0 fully saturated rings. The lowest BCUT2D eigenvalue weighted by Crippen LogP contribution is -2.30. The van der Waals surface area contributed by atoms with Gasteiger partial charge in [-0.25, -0.2) is 0 Å². The van der Waals surface area contributed by atoms with Crippen molar-refractivity contribution in [1.29, 1.82) is 0 Å². The van der Waals surface area contributed by atoms with Gasteiger partial charge in [-0.05, 0) is 24.5 Å². The lowest BCUT2D eigenvalue weighted by molar-refractivity contribution is -0.118. The number of thioether (sulfide) groups is 1. The zero-order chi connectivity index (χ0) is 14.4. The first-order chi connectivity index (χ1) is 9.70. The maximum atomic E-state index is 12.1. The van der Waals surface area contributed by atoms with Crippen LogP contribution in [0.5, 0.6) is 0 Å². The lowest BCUT2D eigenvalue weighted by atomic mass is 10.1. The third kappa shape index (κ3) is 3.98. The fourth-order valence-corrected chi connectivity index (χ4v) is 3.02. The summed E-state index contributed by atoms with van der Waals surface area (Å²) < 4.78 is 0. The van der Waals surface area contributed by atoms with Crippen LogP contribution >= 0.6 is 11.8 Å². The summed E-state index contributed by atoms with van der Waals surface area (Å²) in [7, 11) is 0. The van der Waals surface area contributed by atoms with Crippen molar-refractivity contribution in [1.82, 2.24) is 5.32 Å². The molecule has 0 aromatic heterocycles. The molecule has 3 N–H and O–H groups in total. The number of aliphatic hydroxyl groups is 1. The molecule has 0 saturated carbocycles. The standard InChI is InChI=1S/C14H18N2O3S/c17-8-7-15-13(18)9-20-12-6-5-10-3-1-2-4-11(10)16-14(12)19/h1-4,12,17H,5-9H2,(H,15,18)(H,16,19). The van der Waals surface area contributed by atoms with Crippen LogP contribution < -0.4 is 10.6 Å². The number of hydrogen-bond acceptors (Lipinski definition) is 4. The van der Waals surface area contributed by atoms with E-state index in [9.17, 15) is 9.59 Å². The van der Waals surface area contributed by atoms with Crippen molar-refractivity contribution in [2.45, 2.75) is 18.1 Å². The van der Waals surface area contributed by atoms with Gasteiger partial charge >= 0.3 is 0 Å². The number of aryl methyl sites for hydroxylation is 1. The summed E-state index contributed by atoms with van der Waals surface area (Å²) in [5.74, 6) is 0.0301. The molecule has 1 heterocycles. The molecule has 0 saturated heterocycles. The second kappa shape index (κ2) is 7.31. The molecule has 5 nitrogen and oxygen atoms in total. The normalized spacial score (nSPS) is 17.9. The Labute approximate surface area is 122 Å². The Kier molecular flexibility index (Phi) is 5.43. The summed E-state index contributed by atoms with van der Waals surface area (Å²) in [5, 5.41) is 13.9. The average molecular weight is 294 g/mol. The predicted octanol–water partition coefficient (Wildman–Crippen LogP) is 0.782. The summed E-state index contributed by atoms with van der Waals surface area (Å²) in [6, 6.07) is 7.76. The number of benzene rings is 1. The number of fused-ring (bicyclic) bond motifs is 1. The van der Waals surface area contributed by atoms with Crippen LogP contribution in [0.25, 0.3) is 0 Å². The van der Waals surface area contributed by atoms with Gasteiger partial charge in [0.15, 0.2) is 0 Å². The summed E-state index contributed by atoms with van der Waals surface area (Å²) in [6.45, 7) is 0.178. The quantitative estimate of drug-likeness (QED) is 0.750. The van der Waals surface area contributed by atoms with E-state index in [1.807, 2.05) is 24.3 Å². The SMILES string of the molecule is O=C(CSC1CCc2ccccc2NC1=O)NCCO. The molecule has 2 amide bonds. The van der Waals surface area contributed by atoms with Crippen molar-refractivity contribution < 1.29 is 14.7 Å². The first-order valence-corrected chi connectivity index (χ1v) is 7.63. The van der Waals surface area contributed by atoms with E-state index in [0.29, 0.717) is 0 Å². The van der Waals surface area contributed by atoms with Gasteiger partial charge in [0.05, 0.1) is 17.6 Å². The van der Waals surface area contributed by atoms with Gasteiger partial charge in [0, 0.05) is 12.2 Å². The maximum absolute atomic E-state index is 12.1. The molecule has 0 bridgehead atoms. The second-order valence-electron chi connectivity index (χ2n) is 4.56. The molecule has 1 aromatic rings. The highest BCUT2D eigenvalue weighted by Crippen LogP contribution is 2.26. The van der Waals surface area contributed by atoms with E-state index >= 15 is 0 Å². The number of rotatable bonds is 5. The molecule has 1 aliphatic heterocycles. The van der Waals surface area contributed by atoms with Gasteiger partial charge < -0.3 is 15.7 Å². The topological polar surface area (TPSA) is 78.4 Å². The summed E-state index contributed by atoms with van der Waals surface area (Å²) in [5.41, 5.74) is 2.00. The smallest absolute Gasteiger partial charge is 0.237 e. The number of aliphatic hydroxyl groups excluding tert-OH is 1. The molecule has 6 heteroatoms. The van der Waals surface area contributed by atoms with E-state index in [-0.39, 0.29) is 36.0 Å². The van der Waals surface area contributed by atoms with Gasteiger partial charge in [-0.15, -0.1) is 11.8 Å². The van der Waals surface area contributed by atoms with Crippen molar-refractivity contribution in [3.05, 3.63) is 29.8 Å². The molecule has 2 rings (SSSR count). The van der Waals surface area contributed by atoms with Crippen LogP contribution in [0.3, 0.4) is 0 Å². The first kappa shape index (κ1) is 14.9. The number of amides is 2. The van der Waals surface area contributed by atoms with Crippen LogP contribution in [0.4, 0.5) is 5.69 Å². The molecule has 1 aliphatic rings. The number of carbonyl (C=O) groups is 2. The molecule has 0 spiro atoms. The third-order valence-corrected chi connectivity index (χ3v) is 4.37. The van der Waals surface area contributed by atoms with Gasteiger partial charge in [0.2, 0.25) is 11.8 Å². The Morgan fingerprint density at radius 3 is 3.05 bits per heavy atom. The Morgan fingerprint density at radius 2 is 2.25 bits per heavy atom. The Bertz CT molecular complexity index is 493. The lowest BCUT2D eigenvalue weighted by Gasteiger charge is -2.12. The number of anilines is 1. The van der Waals surface area contributed by atoms with Gasteiger partial charge in [0.1, 0.15) is 0 Å². The Hall–Kier alpha value is -1.53. The average Bonchev–Trinajstić information content (AvgIpc) is 2.61. The van der Waals surface area contributed by atoms with Crippen molar-refractivity contribution in [3.63, 3.8) is 0 Å². The molecular formula is C14H18N2O3S. The van der Waals surface area contributed by atoms with E-state index < -0.39 is 0 Å². The summed E-state index contributed by atoms with van der Waals surface area (Å²) >= 11 is 1.34. The van der Waals surface area contributed by atoms with Gasteiger partial charge in [0.25, 0.3) is 0 Å². The maximum Gasteiger partial charge on any atom is 0.237 e. The zero-order valence-corrected chi connectivity index (χ0v) is 11.9. The van der Waals surface area contributed by atoms with Gasteiger partial charge in [-0.1, -0.05) is 18.2 Å². The van der Waals surface area contributed by atoms with Gasteiger partial charge in [-0.2, -0.15) is 0 Å². The van der Waals surface area contributed by atoms with Crippen LogP contribution in [0, 0.1) is 0 Å². The van der Waals surface area contributed by atoms with E-state index in [1.54, 1.807) is 0 Å². The largest absolute Gasteiger partial charge is 0.395 e. The van der Waals surface area contributed by atoms with Gasteiger partial charge in [-0.3, -0.25) is 9.59 Å². The minimum Gasteiger partial charge on any atom is -0.395 e. The first-order valence-electron chi connectivity index (χ1n) is 6.58. The van der Waals surface area contributed by atoms with E-state index in [0.717, 1.165) is 24.1 Å². The van der Waals surface area contributed by atoms with E-state index in [2.05, 4.69) is 10.6 Å². The zero-order valence-electron chi connectivity index (χ0n) is 11.1. The van der Waals surface area contributed by atoms with Crippen molar-refractivity contribution in [3.8, 4) is 0 Å². The number of carbonyl (C=O) groups excluding carboxylic acids is 2. The highest BCUT2D eigenvalue weighted by molar-refractivity contribution is 8.01. The Balaban J connectivity index is 1.88. The molecule has 0 aliphatic carbocycles. The van der Waals surface area contributed by atoms with E-state index in [4.69, 9.17) is 5.11 Å². The minimum absolute atomic E-state index is 0.0464. The molecule has 0 radical (unpaired) electrons. The third-order valence-electron chi connectivity index (χ3n) is 3.09. The van der Waals surface area contributed by atoms with E-state index in [1.165, 1.54) is 11.8 Å². The molecule has 1 atom stereocenters. The van der Waals surface area contributed by atoms with Crippen LogP contribution in [-0.4, -0.2) is 41.1 Å². The number of nitrogens with one attached hydrogen (secondary N) is 2. The summed E-state index contributed by atoms with van der Waals surface area (Å²) in [6.07, 6.45) is 1.55. The number of hydrogen-bond donors (Lipinski definition) is 3. The molecular weight excluding hydrogens is 276 g/mol. The molecule has 1 aromatic carbocycles. The predicted molar refractivity (Wildman–Crippen MR) is 79.7 cm³/mol. The molecule has 1 unspecified atom stereocenters. The van der Waals surface area contributed by atoms with Crippen LogP contribution in [0.1, 0.15) is 12.0 Å². The van der Waals surface area contributed by atoms with Crippen LogP contribution in [0.2, 0.25) is 0 Å². The fraction of sp³-hybridized carbons (Fsp3) is 0.429. The molecule has 108 valence electrons. The van der Waals surface area contributed by atoms with Crippen molar-refractivity contribution in [2.75, 3.05) is 24.2 Å². The highest BCUT2D eigenvalue weighted by atomic mass is 32.2. The molecule has 20 heavy (non-hydrogen) atoms. The monoisotopic (exact) mass is 294 g/mol. The fourth-order valence-electron chi connectivity index (χ4n) is 2.07. The van der Waals surface area contributed by atoms with Crippen LogP contribution in [0.15, 0.2) is 24.3 Å². The minimum atomic E-state index is -0.220.